The number of rotatable bonds is 5. The second-order valence-corrected chi connectivity index (χ2v) is 13.1. The molecule has 0 saturated heterocycles. The van der Waals surface area contributed by atoms with E-state index in [0.717, 1.165) is 67.8 Å². The van der Waals surface area contributed by atoms with Crippen LogP contribution in [0.3, 0.4) is 0 Å². The standard InChI is InChI=1S/C46H30O3/c47-46-45-32(29-21-24-36-35(23-20-28-10-2-1-3-11-28)33-12-4-5-13-34(33)40(36)26-29)15-8-17-38(45)37-25-22-30(27-43(37)49-46)31-16-9-19-42-44(31)39-14-6-7-18-41(39)48-42/h1-19,21-22,24-27,35H,20,23H2. The van der Waals surface area contributed by atoms with E-state index in [-0.39, 0.29) is 5.63 Å². The molecule has 3 nitrogen and oxygen atoms in total. The van der Waals surface area contributed by atoms with E-state index in [2.05, 4.69) is 97.1 Å². The summed E-state index contributed by atoms with van der Waals surface area (Å²) in [5.41, 5.74) is 12.5. The fourth-order valence-electron chi connectivity index (χ4n) is 8.14. The number of para-hydroxylation sites is 1. The van der Waals surface area contributed by atoms with E-state index < -0.39 is 0 Å². The molecule has 1 atom stereocenters. The molecule has 49 heavy (non-hydrogen) atoms. The molecular formula is C46H30O3. The number of hydrogen-bond acceptors (Lipinski definition) is 3. The lowest BCUT2D eigenvalue weighted by Gasteiger charge is -2.15. The van der Waals surface area contributed by atoms with Crippen molar-refractivity contribution in [3.63, 3.8) is 0 Å². The summed E-state index contributed by atoms with van der Waals surface area (Å²) in [6.45, 7) is 0. The first-order valence-corrected chi connectivity index (χ1v) is 16.9. The van der Waals surface area contributed by atoms with Gasteiger partial charge in [0.1, 0.15) is 16.7 Å². The van der Waals surface area contributed by atoms with Gasteiger partial charge >= 0.3 is 5.63 Å². The highest BCUT2D eigenvalue weighted by Crippen LogP contribution is 2.48. The van der Waals surface area contributed by atoms with Gasteiger partial charge in [0, 0.05) is 27.5 Å². The fourth-order valence-corrected chi connectivity index (χ4v) is 8.14. The maximum absolute atomic E-state index is 13.9. The molecule has 1 aliphatic rings. The summed E-state index contributed by atoms with van der Waals surface area (Å²) in [5, 5.41) is 4.54. The van der Waals surface area contributed by atoms with Crippen LogP contribution >= 0.6 is 0 Å². The van der Waals surface area contributed by atoms with Gasteiger partial charge in [-0.05, 0) is 93.2 Å². The van der Waals surface area contributed by atoms with Gasteiger partial charge in [-0.1, -0.05) is 121 Å². The second kappa shape index (κ2) is 10.9. The van der Waals surface area contributed by atoms with Crippen LogP contribution in [0.1, 0.15) is 29.0 Å². The van der Waals surface area contributed by atoms with Gasteiger partial charge in [0.25, 0.3) is 0 Å². The Morgan fingerprint density at radius 2 is 1.12 bits per heavy atom. The SMILES string of the molecule is O=c1oc2cc(-c3cccc4oc5ccccc5c34)ccc2c2cccc(-c3ccc4c(c3)-c3ccccc3C4CCc3ccccc3)c12. The van der Waals surface area contributed by atoms with E-state index in [4.69, 9.17) is 8.83 Å². The molecular weight excluding hydrogens is 601 g/mol. The van der Waals surface area contributed by atoms with Gasteiger partial charge in [0.05, 0.1) is 5.39 Å². The van der Waals surface area contributed by atoms with Crippen LogP contribution < -0.4 is 5.63 Å². The lowest BCUT2D eigenvalue weighted by molar-refractivity contribution is 0.570. The highest BCUT2D eigenvalue weighted by atomic mass is 16.4. The van der Waals surface area contributed by atoms with Crippen molar-refractivity contribution < 1.29 is 8.83 Å². The van der Waals surface area contributed by atoms with Crippen LogP contribution in [0.4, 0.5) is 0 Å². The van der Waals surface area contributed by atoms with Crippen LogP contribution in [0.15, 0.2) is 165 Å². The summed E-state index contributed by atoms with van der Waals surface area (Å²) < 4.78 is 12.3. The van der Waals surface area contributed by atoms with E-state index in [0.29, 0.717) is 16.9 Å². The topological polar surface area (TPSA) is 43.4 Å². The van der Waals surface area contributed by atoms with E-state index >= 15 is 0 Å². The molecule has 0 bridgehead atoms. The fraction of sp³-hybridized carbons (Fsp3) is 0.0652. The van der Waals surface area contributed by atoms with Gasteiger partial charge in [-0.15, -0.1) is 0 Å². The molecule has 0 spiro atoms. The first-order valence-electron chi connectivity index (χ1n) is 16.9. The Morgan fingerprint density at radius 1 is 0.449 bits per heavy atom. The van der Waals surface area contributed by atoms with Gasteiger partial charge in [-0.25, -0.2) is 4.79 Å². The van der Waals surface area contributed by atoms with Gasteiger partial charge in [-0.3, -0.25) is 0 Å². The molecule has 2 heterocycles. The van der Waals surface area contributed by atoms with Crippen LogP contribution in [0.25, 0.3) is 77.1 Å². The Balaban J connectivity index is 1.08. The maximum atomic E-state index is 13.9. The Kier molecular flexibility index (Phi) is 6.22. The van der Waals surface area contributed by atoms with Gasteiger partial charge < -0.3 is 8.83 Å². The quantitative estimate of drug-likeness (QED) is 0.140. The summed E-state index contributed by atoms with van der Waals surface area (Å²) in [7, 11) is 0. The van der Waals surface area contributed by atoms with Gasteiger partial charge in [0.2, 0.25) is 0 Å². The summed E-state index contributed by atoms with van der Waals surface area (Å²) in [6.07, 6.45) is 2.07. The highest BCUT2D eigenvalue weighted by Gasteiger charge is 2.29. The van der Waals surface area contributed by atoms with Gasteiger partial charge in [0.15, 0.2) is 0 Å². The van der Waals surface area contributed by atoms with Crippen LogP contribution in [0, 0.1) is 0 Å². The van der Waals surface area contributed by atoms with Crippen LogP contribution in [0.5, 0.6) is 0 Å². The van der Waals surface area contributed by atoms with Crippen LogP contribution in [-0.4, -0.2) is 0 Å². The molecule has 0 N–H and O–H groups in total. The van der Waals surface area contributed by atoms with Crippen molar-refractivity contribution in [1.82, 2.24) is 0 Å². The average Bonchev–Trinajstić information content (AvgIpc) is 3.69. The van der Waals surface area contributed by atoms with Crippen molar-refractivity contribution >= 4 is 43.7 Å². The number of fused-ring (bicyclic) bond motifs is 9. The lowest BCUT2D eigenvalue weighted by Crippen LogP contribution is -2.02. The van der Waals surface area contributed by atoms with E-state index in [1.54, 1.807) is 0 Å². The lowest BCUT2D eigenvalue weighted by atomic mass is 9.89. The molecule has 0 saturated carbocycles. The molecule has 10 rings (SSSR count). The minimum atomic E-state index is -0.330. The predicted octanol–water partition coefficient (Wildman–Crippen LogP) is 11.9. The number of aryl methyl sites for hydroxylation is 1. The average molecular weight is 631 g/mol. The molecule has 0 fully saturated rings. The normalized spacial score (nSPS) is 13.8. The van der Waals surface area contributed by atoms with Crippen molar-refractivity contribution in [1.29, 1.82) is 0 Å². The minimum Gasteiger partial charge on any atom is -0.456 e. The summed E-state index contributed by atoms with van der Waals surface area (Å²) >= 11 is 0. The summed E-state index contributed by atoms with van der Waals surface area (Å²) in [5.74, 6) is 0.335. The van der Waals surface area contributed by atoms with E-state index in [9.17, 15) is 4.79 Å². The third-order valence-corrected chi connectivity index (χ3v) is 10.4. The zero-order valence-electron chi connectivity index (χ0n) is 26.7. The smallest absolute Gasteiger partial charge is 0.344 e. The van der Waals surface area contributed by atoms with Crippen molar-refractivity contribution in [3.05, 3.63) is 179 Å². The monoisotopic (exact) mass is 630 g/mol. The minimum absolute atomic E-state index is 0.330. The third kappa shape index (κ3) is 4.39. The van der Waals surface area contributed by atoms with E-state index in [1.807, 2.05) is 54.6 Å². The first-order chi connectivity index (χ1) is 24.2. The molecule has 7 aromatic carbocycles. The Morgan fingerprint density at radius 3 is 2.04 bits per heavy atom. The molecule has 0 amide bonds. The largest absolute Gasteiger partial charge is 0.456 e. The molecule has 2 aromatic heterocycles. The molecule has 0 radical (unpaired) electrons. The molecule has 1 unspecified atom stereocenters. The highest BCUT2D eigenvalue weighted by molar-refractivity contribution is 6.14. The van der Waals surface area contributed by atoms with Crippen LogP contribution in [0.2, 0.25) is 0 Å². The molecule has 9 aromatic rings. The molecule has 232 valence electrons. The van der Waals surface area contributed by atoms with Crippen molar-refractivity contribution in [2.45, 2.75) is 18.8 Å². The van der Waals surface area contributed by atoms with Crippen LogP contribution in [-0.2, 0) is 6.42 Å². The molecule has 0 aliphatic heterocycles. The summed E-state index contributed by atoms with van der Waals surface area (Å²) in [4.78, 5) is 13.9. The van der Waals surface area contributed by atoms with Crippen molar-refractivity contribution in [3.8, 4) is 33.4 Å². The zero-order valence-corrected chi connectivity index (χ0v) is 26.7. The Labute approximate surface area is 282 Å². The third-order valence-electron chi connectivity index (χ3n) is 10.4. The molecule has 1 aliphatic carbocycles. The Hall–Kier alpha value is -6.19. The Bertz CT molecular complexity index is 2800. The van der Waals surface area contributed by atoms with E-state index in [1.165, 1.54) is 27.8 Å². The number of benzene rings is 7. The van der Waals surface area contributed by atoms with Crippen molar-refractivity contribution in [2.75, 3.05) is 0 Å². The van der Waals surface area contributed by atoms with Crippen molar-refractivity contribution in [2.24, 2.45) is 0 Å². The number of furan rings is 1. The van der Waals surface area contributed by atoms with Gasteiger partial charge in [-0.2, -0.15) is 0 Å². The number of hydrogen-bond donors (Lipinski definition) is 0. The first kappa shape index (κ1) is 27.9. The second-order valence-electron chi connectivity index (χ2n) is 13.1. The predicted molar refractivity (Wildman–Crippen MR) is 200 cm³/mol. The maximum Gasteiger partial charge on any atom is 0.344 e. The molecule has 3 heteroatoms. The summed E-state index contributed by atoms with van der Waals surface area (Å²) in [6, 6.07) is 52.7. The zero-order chi connectivity index (χ0) is 32.5.